The molecular formula is C17H31N3O6. The molecule has 0 bridgehead atoms. The van der Waals surface area contributed by atoms with Crippen molar-refractivity contribution in [3.05, 3.63) is 0 Å². The third-order valence-electron chi connectivity index (χ3n) is 3.15. The summed E-state index contributed by atoms with van der Waals surface area (Å²) in [6.45, 7) is 12.2. The van der Waals surface area contributed by atoms with Gasteiger partial charge in [0.1, 0.15) is 5.60 Å². The summed E-state index contributed by atoms with van der Waals surface area (Å²) < 4.78 is 10.0. The van der Waals surface area contributed by atoms with Gasteiger partial charge in [-0.15, -0.1) is 0 Å². The summed E-state index contributed by atoms with van der Waals surface area (Å²) in [5.41, 5.74) is -1.13. The molecule has 1 atom stereocenters. The van der Waals surface area contributed by atoms with Crippen molar-refractivity contribution in [1.82, 2.24) is 15.5 Å². The van der Waals surface area contributed by atoms with E-state index in [4.69, 9.17) is 9.47 Å². The first kappa shape index (κ1) is 23.7. The van der Waals surface area contributed by atoms with Gasteiger partial charge in [0.25, 0.3) is 5.91 Å². The van der Waals surface area contributed by atoms with Gasteiger partial charge in [-0.2, -0.15) is 0 Å². The van der Waals surface area contributed by atoms with Crippen molar-refractivity contribution in [1.29, 1.82) is 0 Å². The summed E-state index contributed by atoms with van der Waals surface area (Å²) in [5, 5.41) is 5.34. The molecule has 0 aliphatic heterocycles. The fraction of sp³-hybridized carbons (Fsp3) is 0.765. The van der Waals surface area contributed by atoms with Gasteiger partial charge in [-0.25, -0.2) is 14.5 Å². The van der Waals surface area contributed by atoms with E-state index in [9.17, 15) is 19.2 Å². The lowest BCUT2D eigenvalue weighted by molar-refractivity contribution is -0.129. The molecule has 9 nitrogen and oxygen atoms in total. The van der Waals surface area contributed by atoms with Crippen molar-refractivity contribution < 1.29 is 28.7 Å². The Morgan fingerprint density at radius 3 is 1.92 bits per heavy atom. The zero-order chi connectivity index (χ0) is 20.7. The van der Waals surface area contributed by atoms with Crippen LogP contribution < -0.4 is 10.6 Å². The van der Waals surface area contributed by atoms with E-state index in [1.54, 1.807) is 20.8 Å². The second-order valence-corrected chi connectivity index (χ2v) is 7.86. The van der Waals surface area contributed by atoms with E-state index in [-0.39, 0.29) is 17.9 Å². The average Bonchev–Trinajstić information content (AvgIpc) is 2.48. The number of rotatable bonds is 6. The van der Waals surface area contributed by atoms with E-state index in [0.29, 0.717) is 11.4 Å². The predicted molar refractivity (Wildman–Crippen MR) is 95.4 cm³/mol. The molecule has 150 valence electrons. The van der Waals surface area contributed by atoms with Crippen molar-refractivity contribution in [2.24, 2.45) is 5.41 Å². The smallest absolute Gasteiger partial charge is 0.419 e. The average molecular weight is 373 g/mol. The normalized spacial score (nSPS) is 12.6. The molecule has 0 heterocycles. The van der Waals surface area contributed by atoms with Crippen molar-refractivity contribution >= 4 is 24.0 Å². The fourth-order valence-electron chi connectivity index (χ4n) is 1.59. The maximum absolute atomic E-state index is 12.1. The standard InChI is InChI=1S/C17H31N3O6/c1-11(13(22)19-10-17(6,7)9-18-12(2)21)25-14(23)20(8)15(24)26-16(3,4)5/h11H,9-10H2,1-8H3,(H,18,21)(H,19,22). The Morgan fingerprint density at radius 2 is 1.46 bits per heavy atom. The second kappa shape index (κ2) is 9.40. The van der Waals surface area contributed by atoms with Crippen LogP contribution in [0.1, 0.15) is 48.5 Å². The molecule has 0 saturated heterocycles. The van der Waals surface area contributed by atoms with Crippen molar-refractivity contribution in [2.75, 3.05) is 20.1 Å². The Hall–Kier alpha value is -2.32. The molecule has 1 unspecified atom stereocenters. The largest absolute Gasteiger partial charge is 0.443 e. The second-order valence-electron chi connectivity index (χ2n) is 7.86. The molecule has 4 amide bonds. The van der Waals surface area contributed by atoms with Gasteiger partial charge in [-0.3, -0.25) is 9.59 Å². The van der Waals surface area contributed by atoms with Crippen LogP contribution >= 0.6 is 0 Å². The van der Waals surface area contributed by atoms with Crippen LogP contribution in [0, 0.1) is 5.41 Å². The summed E-state index contributed by atoms with van der Waals surface area (Å²) >= 11 is 0. The Labute approximate surface area is 154 Å². The summed E-state index contributed by atoms with van der Waals surface area (Å²) in [5.74, 6) is -0.663. The minimum Gasteiger partial charge on any atom is -0.443 e. The number of imide groups is 1. The topological polar surface area (TPSA) is 114 Å². The Kier molecular flexibility index (Phi) is 8.56. The van der Waals surface area contributed by atoms with Crippen LogP contribution in [0.4, 0.5) is 9.59 Å². The van der Waals surface area contributed by atoms with Gasteiger partial charge in [0.2, 0.25) is 5.91 Å². The highest BCUT2D eigenvalue weighted by molar-refractivity contribution is 5.89. The molecule has 0 aromatic rings. The lowest BCUT2D eigenvalue weighted by Crippen LogP contribution is -2.46. The van der Waals surface area contributed by atoms with E-state index >= 15 is 0 Å². The van der Waals surface area contributed by atoms with Gasteiger partial charge in [0, 0.05) is 27.1 Å². The van der Waals surface area contributed by atoms with Crippen LogP contribution in [0.25, 0.3) is 0 Å². The lowest BCUT2D eigenvalue weighted by atomic mass is 9.93. The van der Waals surface area contributed by atoms with Crippen LogP contribution in [-0.2, 0) is 19.1 Å². The van der Waals surface area contributed by atoms with E-state index < -0.39 is 29.8 Å². The molecule has 0 saturated carbocycles. The van der Waals surface area contributed by atoms with Crippen LogP contribution in [0.15, 0.2) is 0 Å². The maximum atomic E-state index is 12.1. The molecule has 0 spiro atoms. The highest BCUT2D eigenvalue weighted by Gasteiger charge is 2.28. The molecule has 0 rings (SSSR count). The summed E-state index contributed by atoms with van der Waals surface area (Å²) in [4.78, 5) is 47.4. The number of hydrogen-bond acceptors (Lipinski definition) is 6. The number of hydrogen-bond donors (Lipinski definition) is 2. The minimum atomic E-state index is -1.09. The molecule has 26 heavy (non-hydrogen) atoms. The number of nitrogens with zero attached hydrogens (tertiary/aromatic N) is 1. The van der Waals surface area contributed by atoms with Crippen LogP contribution in [-0.4, -0.2) is 60.7 Å². The Morgan fingerprint density at radius 1 is 0.962 bits per heavy atom. The molecule has 2 N–H and O–H groups in total. The van der Waals surface area contributed by atoms with E-state index in [1.807, 2.05) is 13.8 Å². The highest BCUT2D eigenvalue weighted by Crippen LogP contribution is 2.12. The Bertz CT molecular complexity index is 539. The molecular weight excluding hydrogens is 342 g/mol. The molecule has 9 heteroatoms. The number of ether oxygens (including phenoxy) is 2. The summed E-state index contributed by atoms with van der Waals surface area (Å²) in [6.07, 6.45) is -2.95. The van der Waals surface area contributed by atoms with Gasteiger partial charge in [0.05, 0.1) is 0 Å². The summed E-state index contributed by atoms with van der Waals surface area (Å²) in [7, 11) is 1.21. The van der Waals surface area contributed by atoms with E-state index in [0.717, 1.165) is 0 Å². The predicted octanol–water partition coefficient (Wildman–Crippen LogP) is 1.66. The first-order valence-corrected chi connectivity index (χ1v) is 8.34. The molecule has 0 fully saturated rings. The molecule has 0 aliphatic rings. The maximum Gasteiger partial charge on any atom is 0.419 e. The van der Waals surface area contributed by atoms with Gasteiger partial charge in [-0.1, -0.05) is 13.8 Å². The van der Waals surface area contributed by atoms with Crippen LogP contribution in [0.5, 0.6) is 0 Å². The number of amides is 4. The first-order valence-electron chi connectivity index (χ1n) is 8.34. The van der Waals surface area contributed by atoms with Crippen molar-refractivity contribution in [3.8, 4) is 0 Å². The lowest BCUT2D eigenvalue weighted by Gasteiger charge is -2.26. The third kappa shape index (κ3) is 9.85. The quantitative estimate of drug-likeness (QED) is 0.732. The van der Waals surface area contributed by atoms with Crippen molar-refractivity contribution in [2.45, 2.75) is 60.2 Å². The monoisotopic (exact) mass is 373 g/mol. The van der Waals surface area contributed by atoms with E-state index in [1.165, 1.54) is 20.9 Å². The van der Waals surface area contributed by atoms with Gasteiger partial charge in [0.15, 0.2) is 6.10 Å². The number of carbonyl (C=O) groups is 4. The van der Waals surface area contributed by atoms with Gasteiger partial charge in [-0.05, 0) is 33.1 Å². The zero-order valence-corrected chi connectivity index (χ0v) is 16.9. The number of carbonyl (C=O) groups excluding carboxylic acids is 4. The number of nitrogens with one attached hydrogen (secondary N) is 2. The highest BCUT2D eigenvalue weighted by atomic mass is 16.6. The molecule has 0 radical (unpaired) electrons. The minimum absolute atomic E-state index is 0.156. The van der Waals surface area contributed by atoms with Gasteiger partial charge >= 0.3 is 12.2 Å². The molecule has 0 aliphatic carbocycles. The van der Waals surface area contributed by atoms with E-state index in [2.05, 4.69) is 10.6 Å². The molecule has 0 aromatic heterocycles. The SMILES string of the molecule is CC(=O)NCC(C)(C)CNC(=O)C(C)OC(=O)N(C)C(=O)OC(C)(C)C. The van der Waals surface area contributed by atoms with Crippen molar-refractivity contribution in [3.63, 3.8) is 0 Å². The van der Waals surface area contributed by atoms with Gasteiger partial charge < -0.3 is 20.1 Å². The summed E-state index contributed by atoms with van der Waals surface area (Å²) in [6, 6.07) is 0. The third-order valence-corrected chi connectivity index (χ3v) is 3.15. The Balaban J connectivity index is 4.50. The van der Waals surface area contributed by atoms with Crippen LogP contribution in [0.2, 0.25) is 0 Å². The zero-order valence-electron chi connectivity index (χ0n) is 16.9. The van der Waals surface area contributed by atoms with Crippen LogP contribution in [0.3, 0.4) is 0 Å². The first-order chi connectivity index (χ1) is 11.6. The molecule has 0 aromatic carbocycles. The fourth-order valence-corrected chi connectivity index (χ4v) is 1.59.